The topological polar surface area (TPSA) is 141 Å². The summed E-state index contributed by atoms with van der Waals surface area (Å²) in [6.45, 7) is 0.770. The molecule has 36 heavy (non-hydrogen) atoms. The Bertz CT molecular complexity index is 1300. The molecule has 1 aliphatic rings. The highest BCUT2D eigenvalue weighted by atomic mass is 35.5. The highest BCUT2D eigenvalue weighted by Gasteiger charge is 2.27. The van der Waals surface area contributed by atoms with Crippen molar-refractivity contribution < 1.29 is 24.6 Å². The molecule has 4 rings (SSSR count). The van der Waals surface area contributed by atoms with Gasteiger partial charge in [0.1, 0.15) is 13.2 Å². The predicted molar refractivity (Wildman–Crippen MR) is 135 cm³/mol. The Morgan fingerprint density at radius 3 is 2.75 bits per heavy atom. The number of carboxylic acid groups (broad SMARTS) is 1. The quantitative estimate of drug-likeness (QED) is 0.294. The molecule has 0 unspecified atom stereocenters. The number of H-pyrrole nitrogens is 1. The van der Waals surface area contributed by atoms with Crippen molar-refractivity contribution in [2.45, 2.75) is 45.2 Å². The number of nitrogens with zero attached hydrogens (tertiary/aromatic N) is 3. The molecule has 3 heterocycles. The van der Waals surface area contributed by atoms with Crippen molar-refractivity contribution >= 4 is 51.9 Å². The number of fused-ring (bicyclic) bond motifs is 3. The van der Waals surface area contributed by atoms with E-state index in [9.17, 15) is 19.5 Å². The Morgan fingerprint density at radius 1 is 1.19 bits per heavy atom. The first-order chi connectivity index (χ1) is 17.3. The minimum absolute atomic E-state index is 0.0314. The van der Waals surface area contributed by atoms with E-state index in [1.54, 1.807) is 23.2 Å². The van der Waals surface area contributed by atoms with Crippen molar-refractivity contribution in [3.05, 3.63) is 39.6 Å². The summed E-state index contributed by atoms with van der Waals surface area (Å²) in [4.78, 5) is 39.9. The van der Waals surface area contributed by atoms with Crippen LogP contribution in [0.2, 0.25) is 10.0 Å². The van der Waals surface area contributed by atoms with Gasteiger partial charge in [-0.25, -0.2) is 0 Å². The number of aromatic amines is 1. The normalized spacial score (nSPS) is 13.1. The molecule has 0 saturated heterocycles. The molecule has 0 fully saturated rings. The van der Waals surface area contributed by atoms with E-state index < -0.39 is 12.6 Å². The number of aromatic nitrogens is 3. The molecule has 0 saturated carbocycles. The minimum atomic E-state index is -0.816. The van der Waals surface area contributed by atoms with E-state index in [0.717, 1.165) is 28.6 Å². The fourth-order valence-corrected chi connectivity index (χ4v) is 4.86. The monoisotopic (exact) mass is 535 g/mol. The Kier molecular flexibility index (Phi) is 8.17. The van der Waals surface area contributed by atoms with Crippen LogP contribution in [0.4, 0.5) is 0 Å². The van der Waals surface area contributed by atoms with Crippen molar-refractivity contribution in [1.82, 2.24) is 25.0 Å². The molecule has 0 radical (unpaired) electrons. The van der Waals surface area contributed by atoms with Crippen LogP contribution >= 0.6 is 23.2 Å². The van der Waals surface area contributed by atoms with Crippen molar-refractivity contribution in [3.8, 4) is 11.3 Å². The maximum Gasteiger partial charge on any atom is 0.303 e. The Morgan fingerprint density at radius 2 is 2.00 bits per heavy atom. The van der Waals surface area contributed by atoms with Crippen LogP contribution in [0, 0.1) is 0 Å². The van der Waals surface area contributed by atoms with Crippen molar-refractivity contribution in [2.24, 2.45) is 0 Å². The summed E-state index contributed by atoms with van der Waals surface area (Å²) >= 11 is 12.9. The summed E-state index contributed by atoms with van der Waals surface area (Å²) in [5.74, 6) is -1.35. The molecule has 0 spiro atoms. The largest absolute Gasteiger partial charge is 0.481 e. The standard InChI is InChI=1S/C24H27Cl2N5O5/c25-16-10-14(18-6-9-31(29-18)12-19(33)27-7-3-1-2-4-21(35)36)22-15-11-30(20(34)13-32)8-5-17(15)28-24(22)23(16)26/h6,9-10,28,32H,1-5,7-8,11-13H2,(H,27,33)(H,35,36). The number of aliphatic hydroxyl groups excluding tert-OH is 1. The van der Waals surface area contributed by atoms with Gasteiger partial charge in [0.15, 0.2) is 0 Å². The van der Waals surface area contributed by atoms with E-state index in [4.69, 9.17) is 28.3 Å². The number of aliphatic hydroxyl groups is 1. The number of benzene rings is 1. The molecule has 192 valence electrons. The maximum absolute atomic E-state index is 12.3. The van der Waals surface area contributed by atoms with Crippen LogP contribution in [0.3, 0.4) is 0 Å². The second-order valence-electron chi connectivity index (χ2n) is 8.73. The molecule has 3 aromatic rings. The first-order valence-corrected chi connectivity index (χ1v) is 12.5. The van der Waals surface area contributed by atoms with Crippen LogP contribution < -0.4 is 5.32 Å². The number of aliphatic carboxylic acids is 1. The lowest BCUT2D eigenvalue weighted by molar-refractivity contribution is -0.137. The summed E-state index contributed by atoms with van der Waals surface area (Å²) in [7, 11) is 0. The van der Waals surface area contributed by atoms with Gasteiger partial charge in [0.25, 0.3) is 0 Å². The molecule has 12 heteroatoms. The van der Waals surface area contributed by atoms with Crippen molar-refractivity contribution in [2.75, 3.05) is 19.7 Å². The number of carbonyl (C=O) groups is 3. The van der Waals surface area contributed by atoms with Gasteiger partial charge in [-0.2, -0.15) is 5.10 Å². The molecule has 10 nitrogen and oxygen atoms in total. The highest BCUT2D eigenvalue weighted by Crippen LogP contribution is 2.41. The summed E-state index contributed by atoms with van der Waals surface area (Å²) in [6.07, 6.45) is 4.45. The van der Waals surface area contributed by atoms with Gasteiger partial charge in [0, 0.05) is 60.9 Å². The first kappa shape index (κ1) is 26.0. The second kappa shape index (κ2) is 11.3. The van der Waals surface area contributed by atoms with Gasteiger partial charge in [0.2, 0.25) is 11.8 Å². The van der Waals surface area contributed by atoms with Crippen molar-refractivity contribution in [1.29, 1.82) is 0 Å². The van der Waals surface area contributed by atoms with Gasteiger partial charge < -0.3 is 25.4 Å². The van der Waals surface area contributed by atoms with E-state index in [1.165, 1.54) is 4.68 Å². The third-order valence-electron chi connectivity index (χ3n) is 6.24. The van der Waals surface area contributed by atoms with Gasteiger partial charge in [0.05, 0.1) is 21.3 Å². The number of halogens is 2. The number of amides is 2. The summed E-state index contributed by atoms with van der Waals surface area (Å²) < 4.78 is 1.53. The molecule has 0 atom stereocenters. The fraction of sp³-hybridized carbons (Fsp3) is 0.417. The zero-order valence-electron chi connectivity index (χ0n) is 19.5. The third-order valence-corrected chi connectivity index (χ3v) is 7.03. The number of hydrogen-bond donors (Lipinski definition) is 4. The van der Waals surface area contributed by atoms with E-state index in [0.29, 0.717) is 60.2 Å². The molecular formula is C24H27Cl2N5O5. The summed E-state index contributed by atoms with van der Waals surface area (Å²) in [6, 6.07) is 3.52. The predicted octanol–water partition coefficient (Wildman–Crippen LogP) is 2.98. The van der Waals surface area contributed by atoms with Crippen LogP contribution in [0.5, 0.6) is 0 Å². The second-order valence-corrected chi connectivity index (χ2v) is 9.51. The Hall–Kier alpha value is -3.08. The van der Waals surface area contributed by atoms with E-state index >= 15 is 0 Å². The zero-order valence-corrected chi connectivity index (χ0v) is 21.0. The lowest BCUT2D eigenvalue weighted by Gasteiger charge is -2.26. The lowest BCUT2D eigenvalue weighted by Crippen LogP contribution is -2.37. The molecule has 4 N–H and O–H groups in total. The SMILES string of the molecule is O=C(O)CCCCCNC(=O)Cn1ccc(-c2cc(Cl)c(Cl)c3[nH]c4c(c23)CN(C(=O)CO)CC4)n1. The van der Waals surface area contributed by atoms with Gasteiger partial charge in [-0.15, -0.1) is 0 Å². The third kappa shape index (κ3) is 5.66. The number of unbranched alkanes of at least 4 members (excludes halogenated alkanes) is 2. The molecule has 2 amide bonds. The molecule has 0 aliphatic carbocycles. The Labute approximate surface area is 217 Å². The average molecular weight is 536 g/mol. The summed E-state index contributed by atoms with van der Waals surface area (Å²) in [5, 5.41) is 26.9. The average Bonchev–Trinajstić information content (AvgIpc) is 3.47. The van der Waals surface area contributed by atoms with Gasteiger partial charge in [-0.1, -0.05) is 29.6 Å². The van der Waals surface area contributed by atoms with Crippen LogP contribution in [-0.2, 0) is 33.9 Å². The van der Waals surface area contributed by atoms with E-state index in [2.05, 4.69) is 15.4 Å². The lowest BCUT2D eigenvalue weighted by atomic mass is 9.99. The summed E-state index contributed by atoms with van der Waals surface area (Å²) in [5.41, 5.74) is 3.86. The minimum Gasteiger partial charge on any atom is -0.481 e. The maximum atomic E-state index is 12.3. The number of hydrogen-bond acceptors (Lipinski definition) is 5. The smallest absolute Gasteiger partial charge is 0.303 e. The fourth-order valence-electron chi connectivity index (χ4n) is 4.46. The molecular weight excluding hydrogens is 509 g/mol. The van der Waals surface area contributed by atoms with E-state index in [-0.39, 0.29) is 24.8 Å². The van der Waals surface area contributed by atoms with Gasteiger partial charge in [-0.05, 0) is 25.0 Å². The number of carboxylic acids is 1. The van der Waals surface area contributed by atoms with Crippen LogP contribution in [0.1, 0.15) is 36.9 Å². The van der Waals surface area contributed by atoms with Crippen LogP contribution in [0.15, 0.2) is 18.3 Å². The first-order valence-electron chi connectivity index (χ1n) is 11.7. The molecule has 0 bridgehead atoms. The molecule has 1 aliphatic heterocycles. The Balaban J connectivity index is 1.51. The van der Waals surface area contributed by atoms with Crippen LogP contribution in [-0.4, -0.2) is 67.4 Å². The van der Waals surface area contributed by atoms with Gasteiger partial charge >= 0.3 is 5.97 Å². The zero-order chi connectivity index (χ0) is 25.8. The highest BCUT2D eigenvalue weighted by molar-refractivity contribution is 6.45. The number of rotatable bonds is 10. The molecule has 1 aromatic carbocycles. The number of nitrogens with one attached hydrogen (secondary N) is 2. The number of carbonyl (C=O) groups excluding carboxylic acids is 2. The molecule has 2 aromatic heterocycles. The van der Waals surface area contributed by atoms with Crippen molar-refractivity contribution in [3.63, 3.8) is 0 Å². The van der Waals surface area contributed by atoms with Crippen LogP contribution in [0.25, 0.3) is 22.2 Å². The van der Waals surface area contributed by atoms with E-state index in [1.807, 2.05) is 0 Å². The van der Waals surface area contributed by atoms with Gasteiger partial charge in [-0.3, -0.25) is 19.1 Å².